The minimum absolute atomic E-state index is 0.193. The number of ether oxygens (including phenoxy) is 1. The highest BCUT2D eigenvalue weighted by molar-refractivity contribution is 5.82. The highest BCUT2D eigenvalue weighted by Crippen LogP contribution is 2.18. The average Bonchev–Trinajstić information content (AvgIpc) is 2.28. The summed E-state index contributed by atoms with van der Waals surface area (Å²) >= 11 is 0. The lowest BCUT2D eigenvalue weighted by Gasteiger charge is -2.15. The number of carboxylic acids is 1. The standard InChI is InChI=1S/C12H15NO4/c1-8(14)13-10(12(15)16)7-9-5-3-4-6-11(9)17-2/h3-6,10H,7H2,1-2H3,(H,13,14)(H,15,16). The maximum absolute atomic E-state index is 11.0. The van der Waals surface area contributed by atoms with Gasteiger partial charge in [0.05, 0.1) is 7.11 Å². The van der Waals surface area contributed by atoms with E-state index in [9.17, 15) is 9.59 Å². The minimum atomic E-state index is -1.06. The first-order chi connectivity index (χ1) is 8.04. The molecule has 92 valence electrons. The van der Waals surface area contributed by atoms with Crippen LogP contribution in [-0.2, 0) is 16.0 Å². The summed E-state index contributed by atoms with van der Waals surface area (Å²) in [5.74, 6) is -0.817. The molecular weight excluding hydrogens is 222 g/mol. The smallest absolute Gasteiger partial charge is 0.326 e. The third kappa shape index (κ3) is 3.79. The lowest BCUT2D eigenvalue weighted by Crippen LogP contribution is -2.41. The summed E-state index contributed by atoms with van der Waals surface area (Å²) in [4.78, 5) is 21.9. The van der Waals surface area contributed by atoms with E-state index in [2.05, 4.69) is 5.32 Å². The van der Waals surface area contributed by atoms with E-state index in [-0.39, 0.29) is 12.3 Å². The van der Waals surface area contributed by atoms with Gasteiger partial charge in [-0.3, -0.25) is 4.79 Å². The highest BCUT2D eigenvalue weighted by Gasteiger charge is 2.20. The average molecular weight is 237 g/mol. The summed E-state index contributed by atoms with van der Waals surface area (Å²) in [5, 5.41) is 11.4. The van der Waals surface area contributed by atoms with Crippen LogP contribution in [0.3, 0.4) is 0 Å². The molecule has 0 saturated heterocycles. The van der Waals surface area contributed by atoms with Gasteiger partial charge in [-0.1, -0.05) is 18.2 Å². The topological polar surface area (TPSA) is 75.6 Å². The molecule has 1 amide bonds. The lowest BCUT2D eigenvalue weighted by atomic mass is 10.0. The number of methoxy groups -OCH3 is 1. The van der Waals surface area contributed by atoms with Crippen molar-refractivity contribution in [1.29, 1.82) is 0 Å². The molecule has 0 fully saturated rings. The molecule has 1 unspecified atom stereocenters. The van der Waals surface area contributed by atoms with Crippen molar-refractivity contribution in [2.24, 2.45) is 0 Å². The zero-order chi connectivity index (χ0) is 12.8. The Hall–Kier alpha value is -2.04. The zero-order valence-corrected chi connectivity index (χ0v) is 9.77. The van der Waals surface area contributed by atoms with Gasteiger partial charge >= 0.3 is 5.97 Å². The van der Waals surface area contributed by atoms with Crippen LogP contribution in [0.1, 0.15) is 12.5 Å². The lowest BCUT2D eigenvalue weighted by molar-refractivity contribution is -0.141. The Labute approximate surface area is 99.4 Å². The molecule has 0 heterocycles. The zero-order valence-electron chi connectivity index (χ0n) is 9.77. The van der Waals surface area contributed by atoms with Gasteiger partial charge in [-0.05, 0) is 11.6 Å². The van der Waals surface area contributed by atoms with Crippen molar-refractivity contribution in [2.75, 3.05) is 7.11 Å². The summed E-state index contributed by atoms with van der Waals surface area (Å²) in [6.07, 6.45) is 0.193. The summed E-state index contributed by atoms with van der Waals surface area (Å²) in [7, 11) is 1.52. The van der Waals surface area contributed by atoms with Gasteiger partial charge in [-0.15, -0.1) is 0 Å². The second-order valence-corrected chi connectivity index (χ2v) is 3.61. The van der Waals surface area contributed by atoms with Crippen molar-refractivity contribution < 1.29 is 19.4 Å². The van der Waals surface area contributed by atoms with Crippen molar-refractivity contribution in [2.45, 2.75) is 19.4 Å². The van der Waals surface area contributed by atoms with Crippen LogP contribution in [0.2, 0.25) is 0 Å². The van der Waals surface area contributed by atoms with E-state index in [1.165, 1.54) is 14.0 Å². The molecule has 0 aliphatic heterocycles. The number of aliphatic carboxylic acids is 1. The molecular formula is C12H15NO4. The molecule has 17 heavy (non-hydrogen) atoms. The highest BCUT2D eigenvalue weighted by atomic mass is 16.5. The fraction of sp³-hybridized carbons (Fsp3) is 0.333. The summed E-state index contributed by atoms with van der Waals surface area (Å²) in [6, 6.07) is 6.18. The Morgan fingerprint density at radius 3 is 2.59 bits per heavy atom. The minimum Gasteiger partial charge on any atom is -0.496 e. The number of hydrogen-bond donors (Lipinski definition) is 2. The number of carbonyl (C=O) groups is 2. The van der Waals surface area contributed by atoms with Crippen LogP contribution in [0.15, 0.2) is 24.3 Å². The van der Waals surface area contributed by atoms with E-state index in [4.69, 9.17) is 9.84 Å². The second kappa shape index (κ2) is 5.89. The number of amides is 1. The van der Waals surface area contributed by atoms with Gasteiger partial charge in [-0.25, -0.2) is 4.79 Å². The van der Waals surface area contributed by atoms with Crippen molar-refractivity contribution in [3.05, 3.63) is 29.8 Å². The van der Waals surface area contributed by atoms with Gasteiger partial charge in [0, 0.05) is 13.3 Å². The predicted octanol–water partition coefficient (Wildman–Crippen LogP) is 0.827. The monoisotopic (exact) mass is 237 g/mol. The number of para-hydroxylation sites is 1. The van der Waals surface area contributed by atoms with Gasteiger partial charge < -0.3 is 15.2 Å². The number of carboxylic acid groups (broad SMARTS) is 1. The van der Waals surface area contributed by atoms with Crippen LogP contribution in [0.4, 0.5) is 0 Å². The molecule has 0 bridgehead atoms. The Kier molecular flexibility index (Phi) is 4.51. The molecule has 5 heteroatoms. The van der Waals surface area contributed by atoms with Crippen LogP contribution in [0.25, 0.3) is 0 Å². The molecule has 1 rings (SSSR count). The predicted molar refractivity (Wildman–Crippen MR) is 61.9 cm³/mol. The van der Waals surface area contributed by atoms with E-state index < -0.39 is 12.0 Å². The third-order valence-electron chi connectivity index (χ3n) is 2.29. The quantitative estimate of drug-likeness (QED) is 0.795. The Bertz CT molecular complexity index is 417. The number of rotatable bonds is 5. The van der Waals surface area contributed by atoms with Crippen molar-refractivity contribution >= 4 is 11.9 Å². The molecule has 0 saturated carbocycles. The van der Waals surface area contributed by atoms with E-state index in [0.717, 1.165) is 5.56 Å². The summed E-state index contributed by atoms with van der Waals surface area (Å²) in [5.41, 5.74) is 0.746. The van der Waals surface area contributed by atoms with E-state index in [0.29, 0.717) is 5.75 Å². The number of hydrogen-bond acceptors (Lipinski definition) is 3. The first kappa shape index (κ1) is 13.0. The van der Waals surface area contributed by atoms with E-state index in [1.54, 1.807) is 24.3 Å². The SMILES string of the molecule is COc1ccccc1CC(NC(C)=O)C(=O)O. The van der Waals surface area contributed by atoms with Crippen molar-refractivity contribution in [1.82, 2.24) is 5.32 Å². The molecule has 0 aliphatic rings. The van der Waals surface area contributed by atoms with Gasteiger partial charge in [0.25, 0.3) is 0 Å². The Morgan fingerprint density at radius 2 is 2.06 bits per heavy atom. The fourth-order valence-corrected chi connectivity index (χ4v) is 1.54. The number of benzene rings is 1. The molecule has 0 aliphatic carbocycles. The normalized spacial score (nSPS) is 11.6. The van der Waals surface area contributed by atoms with E-state index in [1.807, 2.05) is 0 Å². The molecule has 0 radical (unpaired) electrons. The van der Waals surface area contributed by atoms with Crippen molar-refractivity contribution in [3.8, 4) is 5.75 Å². The van der Waals surface area contributed by atoms with Crippen LogP contribution < -0.4 is 10.1 Å². The maximum Gasteiger partial charge on any atom is 0.326 e. The largest absolute Gasteiger partial charge is 0.496 e. The van der Waals surface area contributed by atoms with Crippen LogP contribution in [0, 0.1) is 0 Å². The Morgan fingerprint density at radius 1 is 1.41 bits per heavy atom. The third-order valence-corrected chi connectivity index (χ3v) is 2.29. The van der Waals surface area contributed by atoms with Gasteiger partial charge in [0.2, 0.25) is 5.91 Å². The molecule has 2 N–H and O–H groups in total. The molecule has 1 aromatic rings. The Balaban J connectivity index is 2.85. The van der Waals surface area contributed by atoms with Gasteiger partial charge in [0.15, 0.2) is 0 Å². The first-order valence-electron chi connectivity index (χ1n) is 5.16. The second-order valence-electron chi connectivity index (χ2n) is 3.61. The number of carbonyl (C=O) groups excluding carboxylic acids is 1. The molecule has 0 aromatic heterocycles. The number of nitrogens with one attached hydrogen (secondary N) is 1. The van der Waals surface area contributed by atoms with Crippen LogP contribution >= 0.6 is 0 Å². The van der Waals surface area contributed by atoms with Crippen molar-refractivity contribution in [3.63, 3.8) is 0 Å². The summed E-state index contributed by atoms with van der Waals surface area (Å²) < 4.78 is 5.13. The summed E-state index contributed by atoms with van der Waals surface area (Å²) in [6.45, 7) is 1.29. The molecule has 1 atom stereocenters. The maximum atomic E-state index is 11.0. The van der Waals surface area contributed by atoms with E-state index >= 15 is 0 Å². The van der Waals surface area contributed by atoms with Crippen LogP contribution in [-0.4, -0.2) is 30.1 Å². The fourth-order valence-electron chi connectivity index (χ4n) is 1.54. The van der Waals surface area contributed by atoms with Gasteiger partial charge in [-0.2, -0.15) is 0 Å². The molecule has 0 spiro atoms. The van der Waals surface area contributed by atoms with Crippen LogP contribution in [0.5, 0.6) is 5.75 Å². The molecule has 5 nitrogen and oxygen atoms in total. The first-order valence-corrected chi connectivity index (χ1v) is 5.16. The molecule has 1 aromatic carbocycles. The van der Waals surface area contributed by atoms with Gasteiger partial charge in [0.1, 0.15) is 11.8 Å².